The molecule has 2 atom stereocenters. The number of carboxylic acids is 1. The maximum absolute atomic E-state index is 14.9. The predicted molar refractivity (Wildman–Crippen MR) is 121 cm³/mol. The number of rotatable bonds is 6. The molecule has 0 saturated heterocycles. The number of aryl methyl sites for hydroxylation is 2. The van der Waals surface area contributed by atoms with Gasteiger partial charge in [0.15, 0.2) is 0 Å². The van der Waals surface area contributed by atoms with Crippen LogP contribution < -0.4 is 14.2 Å². The van der Waals surface area contributed by atoms with Crippen LogP contribution in [0.25, 0.3) is 0 Å². The molecule has 0 radical (unpaired) electrons. The standard InChI is InChI=1S/C27H25FO5/c1-15-4-3-5-16(2)27(15)33-22-11-9-21(28)26-20(22)8-10-23(26)32-18-6-7-19-17(12-25(29)30)14-31-24(19)13-18/h3-7,9,11,13,17,23H,8,10,12,14H2,1-2H3,(H,29,30)/t17-,23-/m1/s1. The average Bonchev–Trinajstić information content (AvgIpc) is 3.37. The normalized spacial score (nSPS) is 18.4. The Morgan fingerprint density at radius 1 is 1.15 bits per heavy atom. The zero-order chi connectivity index (χ0) is 23.1. The van der Waals surface area contributed by atoms with Crippen molar-refractivity contribution in [1.29, 1.82) is 0 Å². The molecule has 5 nitrogen and oxygen atoms in total. The van der Waals surface area contributed by atoms with E-state index in [9.17, 15) is 9.18 Å². The highest BCUT2D eigenvalue weighted by Gasteiger charge is 2.32. The van der Waals surface area contributed by atoms with Crippen LogP contribution in [-0.2, 0) is 11.2 Å². The first-order valence-corrected chi connectivity index (χ1v) is 11.1. The molecular formula is C27H25FO5. The Balaban J connectivity index is 1.40. The van der Waals surface area contributed by atoms with Crippen LogP contribution in [0.4, 0.5) is 4.39 Å². The maximum atomic E-state index is 14.9. The van der Waals surface area contributed by atoms with Gasteiger partial charge in [-0.25, -0.2) is 4.39 Å². The number of hydrogen-bond donors (Lipinski definition) is 1. The molecule has 3 aromatic carbocycles. The first-order chi connectivity index (χ1) is 15.9. The molecule has 1 heterocycles. The van der Waals surface area contributed by atoms with Gasteiger partial charge < -0.3 is 19.3 Å². The van der Waals surface area contributed by atoms with Gasteiger partial charge in [-0.3, -0.25) is 4.79 Å². The van der Waals surface area contributed by atoms with Crippen molar-refractivity contribution in [3.8, 4) is 23.0 Å². The zero-order valence-corrected chi connectivity index (χ0v) is 18.6. The third-order valence-corrected chi connectivity index (χ3v) is 6.42. The van der Waals surface area contributed by atoms with E-state index in [2.05, 4.69) is 0 Å². The van der Waals surface area contributed by atoms with Crippen molar-refractivity contribution in [2.24, 2.45) is 0 Å². The number of benzene rings is 3. The van der Waals surface area contributed by atoms with Crippen LogP contribution in [-0.4, -0.2) is 17.7 Å². The van der Waals surface area contributed by atoms with Crippen LogP contribution in [0.3, 0.4) is 0 Å². The summed E-state index contributed by atoms with van der Waals surface area (Å²) in [4.78, 5) is 11.1. The number of carboxylic acid groups (broad SMARTS) is 1. The molecule has 2 aliphatic rings. The minimum absolute atomic E-state index is 0.0254. The van der Waals surface area contributed by atoms with Gasteiger partial charge in [0.05, 0.1) is 13.0 Å². The predicted octanol–water partition coefficient (Wildman–Crippen LogP) is 6.25. The van der Waals surface area contributed by atoms with E-state index >= 15 is 0 Å². The van der Waals surface area contributed by atoms with Gasteiger partial charge in [-0.1, -0.05) is 24.3 Å². The highest BCUT2D eigenvalue weighted by Crippen LogP contribution is 2.44. The van der Waals surface area contributed by atoms with E-state index in [1.807, 2.05) is 38.1 Å². The summed E-state index contributed by atoms with van der Waals surface area (Å²) >= 11 is 0. The summed E-state index contributed by atoms with van der Waals surface area (Å²) in [5.41, 5.74) is 4.29. The van der Waals surface area contributed by atoms with Gasteiger partial charge in [-0.2, -0.15) is 0 Å². The van der Waals surface area contributed by atoms with E-state index in [-0.39, 0.29) is 18.2 Å². The second-order valence-corrected chi connectivity index (χ2v) is 8.71. The molecular weight excluding hydrogens is 423 g/mol. The van der Waals surface area contributed by atoms with Gasteiger partial charge >= 0.3 is 5.97 Å². The lowest BCUT2D eigenvalue weighted by molar-refractivity contribution is -0.137. The molecule has 170 valence electrons. The maximum Gasteiger partial charge on any atom is 0.304 e. The summed E-state index contributed by atoms with van der Waals surface area (Å²) in [7, 11) is 0. The molecule has 0 spiro atoms. The molecule has 0 bridgehead atoms. The summed E-state index contributed by atoms with van der Waals surface area (Å²) < 4.78 is 33.0. The van der Waals surface area contributed by atoms with Crippen molar-refractivity contribution in [1.82, 2.24) is 0 Å². The molecule has 0 aromatic heterocycles. The Bertz CT molecular complexity index is 1220. The first kappa shape index (κ1) is 21.3. The van der Waals surface area contributed by atoms with Gasteiger partial charge in [0.2, 0.25) is 0 Å². The lowest BCUT2D eigenvalue weighted by atomic mass is 9.98. The van der Waals surface area contributed by atoms with E-state index in [0.717, 1.165) is 28.0 Å². The summed E-state index contributed by atoms with van der Waals surface area (Å²) in [5, 5.41) is 9.08. The SMILES string of the molecule is Cc1cccc(C)c1Oc1ccc(F)c2c1CC[C@H]2Oc1ccc2c(c1)OC[C@H]2CC(=O)O. The van der Waals surface area contributed by atoms with Gasteiger partial charge in [0.25, 0.3) is 0 Å². The number of fused-ring (bicyclic) bond motifs is 2. The van der Waals surface area contributed by atoms with Crippen molar-refractivity contribution < 1.29 is 28.5 Å². The van der Waals surface area contributed by atoms with Crippen LogP contribution in [0, 0.1) is 19.7 Å². The lowest BCUT2D eigenvalue weighted by Gasteiger charge is -2.18. The Morgan fingerprint density at radius 3 is 2.70 bits per heavy atom. The summed E-state index contributed by atoms with van der Waals surface area (Å²) in [6, 6.07) is 14.5. The Hall–Kier alpha value is -3.54. The third kappa shape index (κ3) is 4.01. The molecule has 6 heteroatoms. The fourth-order valence-electron chi connectivity index (χ4n) is 4.80. The highest BCUT2D eigenvalue weighted by atomic mass is 19.1. The molecule has 5 rings (SSSR count). The second kappa shape index (κ2) is 8.43. The van der Waals surface area contributed by atoms with Crippen molar-refractivity contribution in [2.75, 3.05) is 6.61 Å². The van der Waals surface area contributed by atoms with Gasteiger partial charge in [0.1, 0.15) is 34.9 Å². The summed E-state index contributed by atoms with van der Waals surface area (Å²) in [6.07, 6.45) is 0.882. The van der Waals surface area contributed by atoms with Gasteiger partial charge in [-0.15, -0.1) is 0 Å². The van der Waals surface area contributed by atoms with Crippen molar-refractivity contribution in [2.45, 2.75) is 45.1 Å². The van der Waals surface area contributed by atoms with Gasteiger partial charge in [-0.05, 0) is 56.0 Å². The largest absolute Gasteiger partial charge is 0.492 e. The molecule has 0 unspecified atom stereocenters. The highest BCUT2D eigenvalue weighted by molar-refractivity contribution is 5.68. The second-order valence-electron chi connectivity index (χ2n) is 8.71. The monoisotopic (exact) mass is 448 g/mol. The molecule has 3 aromatic rings. The van der Waals surface area contributed by atoms with Crippen LogP contribution in [0.5, 0.6) is 23.0 Å². The van der Waals surface area contributed by atoms with Crippen molar-refractivity contribution in [3.63, 3.8) is 0 Å². The summed E-state index contributed by atoms with van der Waals surface area (Å²) in [5.74, 6) is 1.33. The minimum atomic E-state index is -0.853. The van der Waals surface area contributed by atoms with Crippen LogP contribution in [0.1, 0.15) is 52.7 Å². The Morgan fingerprint density at radius 2 is 1.94 bits per heavy atom. The third-order valence-electron chi connectivity index (χ3n) is 6.42. The molecule has 1 N–H and O–H groups in total. The smallest absolute Gasteiger partial charge is 0.304 e. The van der Waals surface area contributed by atoms with Crippen molar-refractivity contribution in [3.05, 3.63) is 82.2 Å². The lowest BCUT2D eigenvalue weighted by Crippen LogP contribution is -2.07. The Labute approximate surface area is 191 Å². The van der Waals surface area contributed by atoms with Crippen molar-refractivity contribution >= 4 is 5.97 Å². The van der Waals surface area contributed by atoms with E-state index < -0.39 is 12.1 Å². The Kier molecular flexibility index (Phi) is 5.44. The van der Waals surface area contributed by atoms with Crippen LogP contribution in [0.2, 0.25) is 0 Å². The van der Waals surface area contributed by atoms with E-state index in [1.165, 1.54) is 6.07 Å². The van der Waals surface area contributed by atoms with E-state index in [0.29, 0.717) is 42.3 Å². The minimum Gasteiger partial charge on any atom is -0.492 e. The fourth-order valence-corrected chi connectivity index (χ4v) is 4.80. The zero-order valence-electron chi connectivity index (χ0n) is 18.6. The molecule has 1 aliphatic heterocycles. The number of carbonyl (C=O) groups is 1. The fraction of sp³-hybridized carbons (Fsp3) is 0.296. The van der Waals surface area contributed by atoms with Gasteiger partial charge in [0, 0.05) is 28.7 Å². The number of hydrogen-bond acceptors (Lipinski definition) is 4. The first-order valence-electron chi connectivity index (χ1n) is 11.1. The average molecular weight is 448 g/mol. The number of halogens is 1. The molecule has 1 aliphatic carbocycles. The van der Waals surface area contributed by atoms with Crippen LogP contribution >= 0.6 is 0 Å². The number of aliphatic carboxylic acids is 1. The number of para-hydroxylation sites is 1. The van der Waals surface area contributed by atoms with E-state index in [4.69, 9.17) is 19.3 Å². The van der Waals surface area contributed by atoms with Crippen LogP contribution in [0.15, 0.2) is 48.5 Å². The molecule has 0 saturated carbocycles. The number of ether oxygens (including phenoxy) is 3. The molecule has 33 heavy (non-hydrogen) atoms. The summed E-state index contributed by atoms with van der Waals surface area (Å²) in [6.45, 7) is 4.33. The van der Waals surface area contributed by atoms with E-state index in [1.54, 1.807) is 18.2 Å². The topological polar surface area (TPSA) is 65.0 Å². The molecule has 0 fully saturated rings. The molecule has 0 amide bonds. The quantitative estimate of drug-likeness (QED) is 0.483.